The average molecular weight is 384 g/mol. The highest BCUT2D eigenvalue weighted by Gasteiger charge is 2.35. The van der Waals surface area contributed by atoms with Crippen molar-refractivity contribution in [2.45, 2.75) is 39.0 Å². The van der Waals surface area contributed by atoms with E-state index in [0.29, 0.717) is 24.7 Å². The van der Waals surface area contributed by atoms with E-state index in [9.17, 15) is 9.59 Å². The third kappa shape index (κ3) is 4.26. The lowest BCUT2D eigenvalue weighted by Gasteiger charge is -2.35. The molecule has 150 valence electrons. The van der Waals surface area contributed by atoms with Crippen molar-refractivity contribution >= 4 is 11.8 Å². The van der Waals surface area contributed by atoms with Crippen LogP contribution in [0.4, 0.5) is 0 Å². The molecule has 28 heavy (non-hydrogen) atoms. The van der Waals surface area contributed by atoms with Gasteiger partial charge in [0.15, 0.2) is 0 Å². The fourth-order valence-corrected chi connectivity index (χ4v) is 4.51. The number of hydrogen-bond acceptors (Lipinski definition) is 4. The van der Waals surface area contributed by atoms with Crippen LogP contribution in [0, 0.1) is 18.8 Å². The number of amides is 2. The highest BCUT2D eigenvalue weighted by atomic mass is 16.2. The molecule has 2 unspecified atom stereocenters. The molecule has 0 aliphatic carbocycles. The minimum absolute atomic E-state index is 0.150. The Labute approximate surface area is 164 Å². The van der Waals surface area contributed by atoms with Crippen molar-refractivity contribution in [1.29, 1.82) is 0 Å². The predicted molar refractivity (Wildman–Crippen MR) is 103 cm³/mol. The van der Waals surface area contributed by atoms with Crippen LogP contribution in [0.25, 0.3) is 0 Å². The molecular weight excluding hydrogens is 356 g/mol. The van der Waals surface area contributed by atoms with Gasteiger partial charge in [0.25, 0.3) is 0 Å². The zero-order valence-electron chi connectivity index (χ0n) is 16.4. The average Bonchev–Trinajstić information content (AvgIpc) is 3.44. The maximum atomic E-state index is 12.6. The molecule has 2 fully saturated rings. The van der Waals surface area contributed by atoms with Gasteiger partial charge >= 0.3 is 0 Å². The summed E-state index contributed by atoms with van der Waals surface area (Å²) in [7, 11) is 0. The SMILES string of the molecule is Cc1cc(CC(=O)N2CCC(C3CCCN(C(=O)Cc4ccn[nH]4)C3)C2)n[nH]1. The molecule has 2 saturated heterocycles. The van der Waals surface area contributed by atoms with Crippen LogP contribution in [0.3, 0.4) is 0 Å². The fraction of sp³-hybridized carbons (Fsp3) is 0.600. The van der Waals surface area contributed by atoms with Gasteiger partial charge in [-0.2, -0.15) is 10.2 Å². The first kappa shape index (κ1) is 18.7. The van der Waals surface area contributed by atoms with E-state index in [4.69, 9.17) is 0 Å². The van der Waals surface area contributed by atoms with Gasteiger partial charge in [0.05, 0.1) is 18.5 Å². The fourth-order valence-electron chi connectivity index (χ4n) is 4.51. The number of H-pyrrole nitrogens is 2. The van der Waals surface area contributed by atoms with E-state index >= 15 is 0 Å². The zero-order valence-corrected chi connectivity index (χ0v) is 16.4. The van der Waals surface area contributed by atoms with E-state index in [0.717, 1.165) is 62.5 Å². The predicted octanol–water partition coefficient (Wildman–Crippen LogP) is 1.31. The summed E-state index contributed by atoms with van der Waals surface area (Å²) >= 11 is 0. The van der Waals surface area contributed by atoms with E-state index in [2.05, 4.69) is 20.4 Å². The maximum Gasteiger partial charge on any atom is 0.228 e. The summed E-state index contributed by atoms with van der Waals surface area (Å²) in [4.78, 5) is 29.2. The molecule has 2 N–H and O–H groups in total. The summed E-state index contributed by atoms with van der Waals surface area (Å²) in [5, 5.41) is 13.8. The molecule has 8 nitrogen and oxygen atoms in total. The first-order valence-electron chi connectivity index (χ1n) is 10.1. The second kappa shape index (κ2) is 8.16. The van der Waals surface area contributed by atoms with Crippen molar-refractivity contribution in [3.05, 3.63) is 35.4 Å². The van der Waals surface area contributed by atoms with Crippen LogP contribution in [0.1, 0.15) is 36.3 Å². The van der Waals surface area contributed by atoms with Gasteiger partial charge in [0.2, 0.25) is 11.8 Å². The van der Waals surface area contributed by atoms with Crippen LogP contribution in [0.15, 0.2) is 18.3 Å². The van der Waals surface area contributed by atoms with E-state index < -0.39 is 0 Å². The van der Waals surface area contributed by atoms with Crippen molar-refractivity contribution in [3.63, 3.8) is 0 Å². The topological polar surface area (TPSA) is 98.0 Å². The Hall–Kier alpha value is -2.64. The molecule has 2 aromatic rings. The molecule has 0 aromatic carbocycles. The number of hydrogen-bond donors (Lipinski definition) is 2. The summed E-state index contributed by atoms with van der Waals surface area (Å²) in [5.74, 6) is 1.27. The Kier molecular flexibility index (Phi) is 5.45. The highest BCUT2D eigenvalue weighted by molar-refractivity contribution is 5.79. The number of piperidine rings is 1. The summed E-state index contributed by atoms with van der Waals surface area (Å²) < 4.78 is 0. The largest absolute Gasteiger partial charge is 0.342 e. The van der Waals surface area contributed by atoms with Gasteiger partial charge in [0, 0.05) is 43.8 Å². The Balaban J connectivity index is 1.29. The van der Waals surface area contributed by atoms with Crippen LogP contribution >= 0.6 is 0 Å². The van der Waals surface area contributed by atoms with Crippen molar-refractivity contribution in [2.24, 2.45) is 11.8 Å². The van der Waals surface area contributed by atoms with Gasteiger partial charge in [-0.25, -0.2) is 0 Å². The molecule has 2 aromatic heterocycles. The van der Waals surface area contributed by atoms with Gasteiger partial charge in [-0.3, -0.25) is 19.8 Å². The number of carbonyl (C=O) groups is 2. The monoisotopic (exact) mass is 384 g/mol. The summed E-state index contributed by atoms with van der Waals surface area (Å²) in [6, 6.07) is 3.77. The summed E-state index contributed by atoms with van der Waals surface area (Å²) in [6.07, 6.45) is 5.62. The molecule has 2 aliphatic rings. The molecule has 0 spiro atoms. The molecular formula is C20H28N6O2. The molecule has 2 amide bonds. The molecule has 0 bridgehead atoms. The summed E-state index contributed by atoms with van der Waals surface area (Å²) in [6.45, 7) is 5.19. The van der Waals surface area contributed by atoms with Crippen LogP contribution < -0.4 is 0 Å². The lowest BCUT2D eigenvalue weighted by atomic mass is 9.84. The van der Waals surface area contributed by atoms with Crippen molar-refractivity contribution in [3.8, 4) is 0 Å². The molecule has 8 heteroatoms. The Morgan fingerprint density at radius 3 is 2.54 bits per heavy atom. The Morgan fingerprint density at radius 1 is 1.07 bits per heavy atom. The smallest absolute Gasteiger partial charge is 0.228 e. The first-order valence-corrected chi connectivity index (χ1v) is 10.1. The standard InChI is InChI=1S/C20H28N6O2/c1-14-9-18(24-22-14)11-20(28)26-8-5-16(13-26)15-3-2-7-25(12-15)19(27)10-17-4-6-21-23-17/h4,6,9,15-16H,2-3,5,7-8,10-13H2,1H3,(H,21,23)(H,22,24). The van der Waals surface area contributed by atoms with Crippen molar-refractivity contribution in [2.75, 3.05) is 26.2 Å². The molecule has 2 atom stereocenters. The zero-order chi connectivity index (χ0) is 19.5. The number of rotatable bonds is 5. The van der Waals surface area contributed by atoms with Crippen molar-refractivity contribution < 1.29 is 9.59 Å². The quantitative estimate of drug-likeness (QED) is 0.812. The lowest BCUT2D eigenvalue weighted by molar-refractivity contribution is -0.133. The van der Waals surface area contributed by atoms with Crippen LogP contribution in [-0.4, -0.2) is 68.2 Å². The van der Waals surface area contributed by atoms with Crippen molar-refractivity contribution in [1.82, 2.24) is 30.2 Å². The normalized spacial score (nSPS) is 22.6. The number of likely N-dealkylation sites (tertiary alicyclic amines) is 2. The van der Waals surface area contributed by atoms with Crippen LogP contribution in [0.5, 0.6) is 0 Å². The molecule has 0 saturated carbocycles. The van der Waals surface area contributed by atoms with Gasteiger partial charge in [-0.05, 0) is 50.2 Å². The number of nitrogens with one attached hydrogen (secondary N) is 2. The van der Waals surface area contributed by atoms with E-state index in [1.165, 1.54) is 0 Å². The van der Waals surface area contributed by atoms with Gasteiger partial charge < -0.3 is 9.80 Å². The van der Waals surface area contributed by atoms with E-state index in [1.54, 1.807) is 6.20 Å². The van der Waals surface area contributed by atoms with Gasteiger partial charge in [0.1, 0.15) is 0 Å². The highest BCUT2D eigenvalue weighted by Crippen LogP contribution is 2.31. The molecule has 2 aliphatic heterocycles. The van der Waals surface area contributed by atoms with Crippen LogP contribution in [0.2, 0.25) is 0 Å². The number of aromatic amines is 2. The lowest BCUT2D eigenvalue weighted by Crippen LogP contribution is -2.43. The van der Waals surface area contributed by atoms with Gasteiger partial charge in [-0.1, -0.05) is 0 Å². The van der Waals surface area contributed by atoms with E-state index in [-0.39, 0.29) is 11.8 Å². The Bertz CT molecular complexity index is 815. The number of aromatic nitrogens is 4. The molecule has 4 heterocycles. The molecule has 4 rings (SSSR count). The third-order valence-corrected chi connectivity index (χ3v) is 6.05. The number of carbonyl (C=O) groups excluding carboxylic acids is 2. The number of nitrogens with zero attached hydrogens (tertiary/aromatic N) is 4. The number of aryl methyl sites for hydroxylation is 1. The molecule has 0 radical (unpaired) electrons. The third-order valence-electron chi connectivity index (χ3n) is 6.05. The minimum Gasteiger partial charge on any atom is -0.342 e. The minimum atomic E-state index is 0.150. The van der Waals surface area contributed by atoms with Gasteiger partial charge in [-0.15, -0.1) is 0 Å². The first-order chi connectivity index (χ1) is 13.6. The van der Waals surface area contributed by atoms with E-state index in [1.807, 2.05) is 28.9 Å². The second-order valence-corrected chi connectivity index (χ2v) is 8.11. The van der Waals surface area contributed by atoms with Crippen LogP contribution in [-0.2, 0) is 22.4 Å². The summed E-state index contributed by atoms with van der Waals surface area (Å²) in [5.41, 5.74) is 2.64. The Morgan fingerprint density at radius 2 is 1.82 bits per heavy atom. The maximum absolute atomic E-state index is 12.6. The second-order valence-electron chi connectivity index (χ2n) is 8.11.